The summed E-state index contributed by atoms with van der Waals surface area (Å²) < 4.78 is 42.1. The summed E-state index contributed by atoms with van der Waals surface area (Å²) in [5.74, 6) is -1.31. The highest BCUT2D eigenvalue weighted by atomic mass is 35.5. The maximum Gasteiger partial charge on any atom is 0.406 e. The van der Waals surface area contributed by atoms with Crippen LogP contribution in [0.25, 0.3) is 10.9 Å². The molecule has 0 radical (unpaired) electrons. The number of piperidine rings is 1. The van der Waals surface area contributed by atoms with Crippen molar-refractivity contribution < 1.29 is 22.8 Å². The predicted octanol–water partition coefficient (Wildman–Crippen LogP) is 3.34. The van der Waals surface area contributed by atoms with Crippen LogP contribution in [0.5, 0.6) is 0 Å². The number of H-pyrrole nitrogens is 2. The third-order valence-electron chi connectivity index (χ3n) is 8.07. The predicted molar refractivity (Wildman–Crippen MR) is 127 cm³/mol. The Morgan fingerprint density at radius 1 is 1.24 bits per heavy atom. The number of carbonyl (C=O) groups is 2. The number of halogens is 4. The van der Waals surface area contributed by atoms with Gasteiger partial charge in [-0.1, -0.05) is 11.6 Å². The summed E-state index contributed by atoms with van der Waals surface area (Å²) in [6.45, 7) is -0.822. The molecule has 4 heterocycles. The molecule has 1 saturated heterocycles. The van der Waals surface area contributed by atoms with E-state index in [1.165, 1.54) is 6.20 Å². The Bertz CT molecular complexity index is 1450. The molecule has 1 unspecified atom stereocenters. The van der Waals surface area contributed by atoms with Crippen LogP contribution in [0.1, 0.15) is 48.8 Å². The van der Waals surface area contributed by atoms with Crippen LogP contribution in [0.2, 0.25) is 5.02 Å². The summed E-state index contributed by atoms with van der Waals surface area (Å²) in [5.41, 5.74) is 0.356. The number of rotatable bonds is 4. The Morgan fingerprint density at radius 3 is 2.68 bits per heavy atom. The van der Waals surface area contributed by atoms with Gasteiger partial charge in [-0.05, 0) is 36.5 Å². The van der Waals surface area contributed by atoms with Crippen molar-refractivity contribution in [3.8, 4) is 0 Å². The molecular weight excluding hydrogens is 513 g/mol. The number of nitrogens with zero attached hydrogens (tertiary/aromatic N) is 4. The van der Waals surface area contributed by atoms with E-state index in [-0.39, 0.29) is 37.0 Å². The van der Waals surface area contributed by atoms with Crippen LogP contribution in [0, 0.1) is 5.41 Å². The molecule has 1 aromatic carbocycles. The van der Waals surface area contributed by atoms with Gasteiger partial charge in [0.05, 0.1) is 22.2 Å². The number of hydrogen-bond donors (Lipinski definition) is 2. The molecule has 1 saturated carbocycles. The van der Waals surface area contributed by atoms with Gasteiger partial charge in [0.15, 0.2) is 0 Å². The van der Waals surface area contributed by atoms with Crippen molar-refractivity contribution in [1.29, 1.82) is 0 Å². The molecular formula is C24H24ClF3N6O3. The number of nitrogens with one attached hydrogen (secondary N) is 2. The lowest BCUT2D eigenvalue weighted by Gasteiger charge is -2.34. The molecule has 13 heteroatoms. The van der Waals surface area contributed by atoms with Crippen molar-refractivity contribution >= 4 is 34.3 Å². The Kier molecular flexibility index (Phi) is 5.45. The molecule has 2 N–H and O–H groups in total. The van der Waals surface area contributed by atoms with Gasteiger partial charge < -0.3 is 14.8 Å². The number of hydrogen-bond acceptors (Lipinski definition) is 4. The lowest BCUT2D eigenvalue weighted by molar-refractivity contribution is -0.166. The quantitative estimate of drug-likeness (QED) is 0.533. The second kappa shape index (κ2) is 8.37. The summed E-state index contributed by atoms with van der Waals surface area (Å²) >= 11 is 6.44. The molecule has 2 fully saturated rings. The van der Waals surface area contributed by atoms with Gasteiger partial charge in [-0.25, -0.2) is 4.79 Å². The fourth-order valence-electron chi connectivity index (χ4n) is 6.17. The van der Waals surface area contributed by atoms with Gasteiger partial charge in [0, 0.05) is 55.8 Å². The first-order chi connectivity index (χ1) is 17.6. The molecule has 0 spiro atoms. The average molecular weight is 537 g/mol. The monoisotopic (exact) mass is 536 g/mol. The van der Waals surface area contributed by atoms with Crippen molar-refractivity contribution in [3.05, 3.63) is 51.3 Å². The zero-order valence-corrected chi connectivity index (χ0v) is 20.4. The highest BCUT2D eigenvalue weighted by Crippen LogP contribution is 2.65. The summed E-state index contributed by atoms with van der Waals surface area (Å²) in [6.07, 6.45) is 1.44. The maximum absolute atomic E-state index is 13.6. The standard InChI is InChI=1S/C24H24ClF3N6O3/c25-18-7-14-16(15-10-30-31-20(15)18)11-33(12-24(26,27)28)21(36)23(8-17(14)23)9-19(35)32-4-1-13(2-5-32)34-6-3-29-22(34)37/h3,6-7,10,13,17H,1-2,4-5,8-9,11-12H2,(H,29,37)(H,30,31)/t17-,23?/m1/s1. The maximum atomic E-state index is 13.6. The zero-order chi connectivity index (χ0) is 26.1. The molecule has 9 nitrogen and oxygen atoms in total. The van der Waals surface area contributed by atoms with Crippen molar-refractivity contribution in [2.45, 2.75) is 50.4 Å². The van der Waals surface area contributed by atoms with Crippen molar-refractivity contribution in [1.82, 2.24) is 29.5 Å². The molecule has 2 aromatic heterocycles. The molecule has 196 valence electrons. The molecule has 2 amide bonds. The molecule has 0 bridgehead atoms. The molecule has 3 aromatic rings. The number of carbonyl (C=O) groups excluding carboxylic acids is 2. The highest BCUT2D eigenvalue weighted by molar-refractivity contribution is 6.35. The SMILES string of the molecule is O=C(CC12C[C@@H]1c1cc(Cl)c3[nH]ncc3c1CN(CC(F)(F)F)C2=O)N1CCC(n2cc[nH]c2=O)CC1. The molecule has 3 aliphatic rings. The van der Waals surface area contributed by atoms with E-state index in [2.05, 4.69) is 15.2 Å². The normalized spacial score (nSPS) is 24.2. The Labute approximate surface area is 213 Å². The Hall–Kier alpha value is -3.28. The van der Waals surface area contributed by atoms with Crippen molar-refractivity contribution in [2.75, 3.05) is 19.6 Å². The molecule has 1 aliphatic carbocycles. The third kappa shape index (κ3) is 4.01. The van der Waals surface area contributed by atoms with E-state index in [1.54, 1.807) is 27.9 Å². The van der Waals surface area contributed by atoms with E-state index in [0.29, 0.717) is 53.0 Å². The third-order valence-corrected chi connectivity index (χ3v) is 8.37. The van der Waals surface area contributed by atoms with Crippen molar-refractivity contribution in [2.24, 2.45) is 5.41 Å². The first-order valence-electron chi connectivity index (χ1n) is 12.1. The molecule has 37 heavy (non-hydrogen) atoms. The van der Waals surface area contributed by atoms with Crippen LogP contribution in [0.3, 0.4) is 0 Å². The molecule has 6 rings (SSSR count). The highest BCUT2D eigenvalue weighted by Gasteiger charge is 2.65. The first kappa shape index (κ1) is 24.1. The summed E-state index contributed by atoms with van der Waals surface area (Å²) in [4.78, 5) is 44.0. The van der Waals surface area contributed by atoms with Gasteiger partial charge >= 0.3 is 11.9 Å². The van der Waals surface area contributed by atoms with E-state index in [4.69, 9.17) is 11.6 Å². The minimum absolute atomic E-state index is 0.0391. The number of alkyl halides is 3. The summed E-state index contributed by atoms with van der Waals surface area (Å²) in [5, 5.41) is 7.72. The van der Waals surface area contributed by atoms with E-state index in [9.17, 15) is 27.6 Å². The van der Waals surface area contributed by atoms with Crippen LogP contribution in [-0.4, -0.2) is 67.2 Å². The minimum atomic E-state index is -4.59. The Balaban J connectivity index is 1.28. The number of likely N-dealkylation sites (tertiary alicyclic amines) is 1. The van der Waals surface area contributed by atoms with Gasteiger partial charge in [0.2, 0.25) is 11.8 Å². The Morgan fingerprint density at radius 2 is 2.00 bits per heavy atom. The van der Waals surface area contributed by atoms with Crippen LogP contribution >= 0.6 is 11.6 Å². The van der Waals surface area contributed by atoms with Gasteiger partial charge in [0.25, 0.3) is 0 Å². The molecule has 2 atom stereocenters. The van der Waals surface area contributed by atoms with Gasteiger partial charge in [-0.3, -0.25) is 19.3 Å². The second-order valence-corrected chi connectivity index (χ2v) is 10.6. The lowest BCUT2D eigenvalue weighted by atomic mass is 9.91. The first-order valence-corrected chi connectivity index (χ1v) is 12.5. The molecule has 2 aliphatic heterocycles. The fraction of sp³-hybridized carbons (Fsp3) is 0.500. The summed E-state index contributed by atoms with van der Waals surface area (Å²) in [6, 6.07) is 1.65. The number of benzene rings is 1. The zero-order valence-electron chi connectivity index (χ0n) is 19.6. The minimum Gasteiger partial charge on any atom is -0.343 e. The lowest BCUT2D eigenvalue weighted by Crippen LogP contribution is -2.45. The van der Waals surface area contributed by atoms with Crippen LogP contribution < -0.4 is 5.69 Å². The topological polar surface area (TPSA) is 107 Å². The second-order valence-electron chi connectivity index (χ2n) is 10.2. The van der Waals surface area contributed by atoms with Gasteiger partial charge in [-0.15, -0.1) is 0 Å². The van der Waals surface area contributed by atoms with E-state index >= 15 is 0 Å². The smallest absolute Gasteiger partial charge is 0.343 e. The fourth-order valence-corrected chi connectivity index (χ4v) is 6.43. The average Bonchev–Trinajstić information content (AvgIpc) is 3.16. The number of aromatic nitrogens is 4. The number of imidazole rings is 1. The number of amides is 2. The van der Waals surface area contributed by atoms with Crippen LogP contribution in [0.15, 0.2) is 29.5 Å². The van der Waals surface area contributed by atoms with E-state index < -0.39 is 30.0 Å². The largest absolute Gasteiger partial charge is 0.406 e. The van der Waals surface area contributed by atoms with Crippen molar-refractivity contribution in [3.63, 3.8) is 0 Å². The summed E-state index contributed by atoms with van der Waals surface area (Å²) in [7, 11) is 0. The van der Waals surface area contributed by atoms with Gasteiger partial charge in [-0.2, -0.15) is 18.3 Å². The van der Waals surface area contributed by atoms with E-state index in [1.807, 2.05) is 0 Å². The van der Waals surface area contributed by atoms with E-state index in [0.717, 1.165) is 4.90 Å². The van der Waals surface area contributed by atoms with Crippen LogP contribution in [0.4, 0.5) is 13.2 Å². The van der Waals surface area contributed by atoms with Gasteiger partial charge in [0.1, 0.15) is 6.54 Å². The number of fused-ring (bicyclic) bond motifs is 5. The number of aromatic amines is 2. The van der Waals surface area contributed by atoms with Crippen LogP contribution in [-0.2, 0) is 16.1 Å².